The van der Waals surface area contributed by atoms with Crippen LogP contribution in [0.3, 0.4) is 0 Å². The van der Waals surface area contributed by atoms with Gasteiger partial charge in [0.15, 0.2) is 17.5 Å². The maximum absolute atomic E-state index is 4.92. The van der Waals surface area contributed by atoms with Gasteiger partial charge in [0.1, 0.15) is 0 Å². The standard InChI is InChI=1S/C57H37N5/c1-4-14-40(15-5-1)55-58-56(41-16-6-2-7-17-41)60-57(59-55)42-26-24-38(25-27-42)39-28-32-46(33-29-39)61-52-23-13-11-21-48(52)50-36-43(31-35-53(50)61)44-30-34-49-47-20-10-12-22-51(47)62(54(49)37-44)45-18-8-3-9-19-45/h1-37H. The fraction of sp³-hybridized carbons (Fsp3) is 0. The first-order valence-corrected chi connectivity index (χ1v) is 20.9. The van der Waals surface area contributed by atoms with Crippen molar-refractivity contribution in [3.05, 3.63) is 224 Å². The van der Waals surface area contributed by atoms with Crippen LogP contribution in [0, 0.1) is 0 Å². The van der Waals surface area contributed by atoms with E-state index in [4.69, 9.17) is 15.0 Å². The molecule has 0 fully saturated rings. The van der Waals surface area contributed by atoms with E-state index in [1.807, 2.05) is 60.7 Å². The van der Waals surface area contributed by atoms with Crippen molar-refractivity contribution in [1.82, 2.24) is 24.1 Å². The molecule has 0 saturated carbocycles. The summed E-state index contributed by atoms with van der Waals surface area (Å²) in [6.45, 7) is 0. The van der Waals surface area contributed by atoms with Crippen molar-refractivity contribution in [3.8, 4) is 67.8 Å². The van der Waals surface area contributed by atoms with Crippen LogP contribution in [-0.4, -0.2) is 24.1 Å². The van der Waals surface area contributed by atoms with Gasteiger partial charge in [-0.25, -0.2) is 15.0 Å². The molecule has 0 aliphatic carbocycles. The summed E-state index contributed by atoms with van der Waals surface area (Å²) in [4.78, 5) is 14.7. The lowest BCUT2D eigenvalue weighted by Crippen LogP contribution is -2.00. The highest BCUT2D eigenvalue weighted by molar-refractivity contribution is 6.12. The molecule has 9 aromatic carbocycles. The Hall–Kier alpha value is -8.41. The van der Waals surface area contributed by atoms with E-state index in [1.54, 1.807) is 0 Å². The lowest BCUT2D eigenvalue weighted by Gasteiger charge is -2.11. The molecule has 5 nitrogen and oxygen atoms in total. The highest BCUT2D eigenvalue weighted by atomic mass is 15.0. The second-order valence-electron chi connectivity index (χ2n) is 15.7. The van der Waals surface area contributed by atoms with E-state index in [1.165, 1.54) is 54.7 Å². The average Bonchev–Trinajstić information content (AvgIpc) is 3.87. The van der Waals surface area contributed by atoms with Crippen LogP contribution in [0.25, 0.3) is 111 Å². The van der Waals surface area contributed by atoms with Crippen LogP contribution in [-0.2, 0) is 0 Å². The van der Waals surface area contributed by atoms with Gasteiger partial charge >= 0.3 is 0 Å². The molecule has 0 aliphatic rings. The lowest BCUT2D eigenvalue weighted by molar-refractivity contribution is 1.07. The molecule has 12 aromatic rings. The van der Waals surface area contributed by atoms with Crippen molar-refractivity contribution in [1.29, 1.82) is 0 Å². The third kappa shape index (κ3) is 6.06. The van der Waals surface area contributed by atoms with Gasteiger partial charge in [0.05, 0.1) is 22.1 Å². The highest BCUT2D eigenvalue weighted by Crippen LogP contribution is 2.38. The predicted molar refractivity (Wildman–Crippen MR) is 256 cm³/mol. The summed E-state index contributed by atoms with van der Waals surface area (Å²) in [6, 6.07) is 79.4. The van der Waals surface area contributed by atoms with Gasteiger partial charge in [-0.1, -0.05) is 170 Å². The SMILES string of the molecule is c1ccc(-c2nc(-c3ccccc3)nc(-c3ccc(-c4ccc(-n5c6ccccc6c6cc(-c7ccc8c9ccccc9n(-c9ccccc9)c8c7)ccc65)cc4)cc3)n2)cc1. The molecule has 0 radical (unpaired) electrons. The lowest BCUT2D eigenvalue weighted by atomic mass is 10.0. The number of para-hydroxylation sites is 3. The van der Waals surface area contributed by atoms with E-state index in [-0.39, 0.29) is 0 Å². The maximum atomic E-state index is 4.92. The van der Waals surface area contributed by atoms with Gasteiger partial charge < -0.3 is 9.13 Å². The van der Waals surface area contributed by atoms with Crippen molar-refractivity contribution in [3.63, 3.8) is 0 Å². The van der Waals surface area contributed by atoms with E-state index in [2.05, 4.69) is 173 Å². The topological polar surface area (TPSA) is 48.5 Å². The molecule has 62 heavy (non-hydrogen) atoms. The molecule has 290 valence electrons. The van der Waals surface area contributed by atoms with Gasteiger partial charge in [0.2, 0.25) is 0 Å². The van der Waals surface area contributed by atoms with Crippen molar-refractivity contribution < 1.29 is 0 Å². The van der Waals surface area contributed by atoms with Gasteiger partial charge in [-0.3, -0.25) is 0 Å². The zero-order chi connectivity index (χ0) is 41.0. The van der Waals surface area contributed by atoms with Crippen molar-refractivity contribution in [2.24, 2.45) is 0 Å². The minimum atomic E-state index is 0.644. The van der Waals surface area contributed by atoms with Gasteiger partial charge in [0.25, 0.3) is 0 Å². The van der Waals surface area contributed by atoms with E-state index in [9.17, 15) is 0 Å². The Balaban J connectivity index is 0.889. The largest absolute Gasteiger partial charge is 0.309 e. The highest BCUT2D eigenvalue weighted by Gasteiger charge is 2.17. The molecule has 0 aliphatic heterocycles. The Labute approximate surface area is 358 Å². The number of aromatic nitrogens is 5. The average molecular weight is 792 g/mol. The van der Waals surface area contributed by atoms with E-state index in [0.717, 1.165) is 39.2 Å². The second-order valence-corrected chi connectivity index (χ2v) is 15.7. The third-order valence-corrected chi connectivity index (χ3v) is 12.0. The zero-order valence-electron chi connectivity index (χ0n) is 33.6. The quantitative estimate of drug-likeness (QED) is 0.162. The van der Waals surface area contributed by atoms with Crippen LogP contribution in [0.4, 0.5) is 0 Å². The molecule has 0 saturated heterocycles. The number of hydrogen-bond donors (Lipinski definition) is 0. The molecular formula is C57H37N5. The van der Waals surface area contributed by atoms with Gasteiger partial charge in [0, 0.05) is 49.6 Å². The normalized spacial score (nSPS) is 11.5. The molecule has 5 heteroatoms. The summed E-state index contributed by atoms with van der Waals surface area (Å²) < 4.78 is 4.77. The number of rotatable bonds is 7. The van der Waals surface area contributed by atoms with Crippen LogP contribution in [0.15, 0.2) is 224 Å². The number of hydrogen-bond acceptors (Lipinski definition) is 3. The Morgan fingerprint density at radius 3 is 1.19 bits per heavy atom. The summed E-state index contributed by atoms with van der Waals surface area (Å²) >= 11 is 0. The molecule has 12 rings (SSSR count). The summed E-state index contributed by atoms with van der Waals surface area (Å²) in [6.07, 6.45) is 0. The minimum Gasteiger partial charge on any atom is -0.309 e. The molecule has 0 amide bonds. The van der Waals surface area contributed by atoms with Crippen LogP contribution in [0.5, 0.6) is 0 Å². The maximum Gasteiger partial charge on any atom is 0.164 e. The Bertz CT molecular complexity index is 3530. The summed E-state index contributed by atoms with van der Waals surface area (Å²) in [5, 5.41) is 4.97. The Kier molecular flexibility index (Phi) is 8.42. The predicted octanol–water partition coefficient (Wildman–Crippen LogP) is 14.4. The van der Waals surface area contributed by atoms with Crippen molar-refractivity contribution in [2.45, 2.75) is 0 Å². The molecule has 3 aromatic heterocycles. The van der Waals surface area contributed by atoms with Crippen LogP contribution in [0.1, 0.15) is 0 Å². The monoisotopic (exact) mass is 791 g/mol. The first-order valence-electron chi connectivity index (χ1n) is 20.9. The van der Waals surface area contributed by atoms with Crippen molar-refractivity contribution in [2.75, 3.05) is 0 Å². The minimum absolute atomic E-state index is 0.644. The molecule has 0 bridgehead atoms. The van der Waals surface area contributed by atoms with Crippen molar-refractivity contribution >= 4 is 43.6 Å². The molecular weight excluding hydrogens is 755 g/mol. The first kappa shape index (κ1) is 35.5. The Morgan fingerprint density at radius 1 is 0.226 bits per heavy atom. The first-order chi connectivity index (χ1) is 30.7. The zero-order valence-corrected chi connectivity index (χ0v) is 33.6. The van der Waals surface area contributed by atoms with Crippen LogP contribution < -0.4 is 0 Å². The fourth-order valence-electron chi connectivity index (χ4n) is 8.99. The number of fused-ring (bicyclic) bond motifs is 6. The molecule has 0 spiro atoms. The van der Waals surface area contributed by atoms with Crippen LogP contribution >= 0.6 is 0 Å². The molecule has 0 unspecified atom stereocenters. The smallest absolute Gasteiger partial charge is 0.164 e. The molecule has 3 heterocycles. The van der Waals surface area contributed by atoms with Gasteiger partial charge in [-0.2, -0.15) is 0 Å². The molecule has 0 atom stereocenters. The van der Waals surface area contributed by atoms with Gasteiger partial charge in [-0.15, -0.1) is 0 Å². The van der Waals surface area contributed by atoms with Crippen LogP contribution in [0.2, 0.25) is 0 Å². The third-order valence-electron chi connectivity index (χ3n) is 12.0. The van der Waals surface area contributed by atoms with E-state index < -0.39 is 0 Å². The molecule has 0 N–H and O–H groups in total. The Morgan fingerprint density at radius 2 is 0.597 bits per heavy atom. The summed E-state index contributed by atoms with van der Waals surface area (Å²) in [5.41, 5.74) is 14.5. The van der Waals surface area contributed by atoms with Gasteiger partial charge in [-0.05, 0) is 76.9 Å². The summed E-state index contributed by atoms with van der Waals surface area (Å²) in [7, 11) is 0. The van der Waals surface area contributed by atoms with E-state index >= 15 is 0 Å². The van der Waals surface area contributed by atoms with E-state index in [0.29, 0.717) is 17.5 Å². The fourth-order valence-corrected chi connectivity index (χ4v) is 8.99. The number of benzene rings is 9. The second kappa shape index (κ2) is 14.7. The summed E-state index contributed by atoms with van der Waals surface area (Å²) in [5.74, 6) is 1.95. The number of nitrogens with zero attached hydrogens (tertiary/aromatic N) is 5.